The van der Waals surface area contributed by atoms with Crippen LogP contribution in [0.1, 0.15) is 16.7 Å². The van der Waals surface area contributed by atoms with Crippen LogP contribution in [-0.4, -0.2) is 29.4 Å². The zero-order valence-electron chi connectivity index (χ0n) is 16.7. The molecule has 29 heavy (non-hydrogen) atoms. The quantitative estimate of drug-likeness (QED) is 0.335. The summed E-state index contributed by atoms with van der Waals surface area (Å²) in [6, 6.07) is 18.2. The van der Waals surface area contributed by atoms with E-state index in [1.807, 2.05) is 47.3 Å². The first-order chi connectivity index (χ1) is 14.3. The molecule has 0 atom stereocenters. The van der Waals surface area contributed by atoms with Crippen LogP contribution in [0.3, 0.4) is 0 Å². The van der Waals surface area contributed by atoms with Gasteiger partial charge in [-0.2, -0.15) is 5.10 Å². The first-order valence-electron chi connectivity index (χ1n) is 9.60. The number of para-hydroxylation sites is 1. The van der Waals surface area contributed by atoms with E-state index in [2.05, 4.69) is 45.5 Å². The van der Waals surface area contributed by atoms with Crippen molar-refractivity contribution in [3.8, 4) is 5.75 Å². The minimum Gasteiger partial charge on any atom is -0.489 e. The summed E-state index contributed by atoms with van der Waals surface area (Å²) in [6.45, 7) is 6.21. The normalized spacial score (nSPS) is 11.1. The maximum absolute atomic E-state index is 5.72. The van der Waals surface area contributed by atoms with Crippen LogP contribution in [0.25, 0.3) is 0 Å². The van der Waals surface area contributed by atoms with Gasteiger partial charge in [0.15, 0.2) is 5.96 Å². The number of aromatic nitrogens is 2. The van der Waals surface area contributed by atoms with Crippen molar-refractivity contribution in [2.24, 2.45) is 4.99 Å². The molecule has 0 saturated carbocycles. The molecule has 0 aliphatic carbocycles. The molecule has 3 rings (SSSR count). The van der Waals surface area contributed by atoms with Gasteiger partial charge >= 0.3 is 0 Å². The Hall–Kier alpha value is -3.54. The van der Waals surface area contributed by atoms with Gasteiger partial charge in [-0.3, -0.25) is 9.67 Å². The van der Waals surface area contributed by atoms with Gasteiger partial charge in [0.25, 0.3) is 0 Å². The number of ether oxygens (including phenoxy) is 1. The predicted octanol–water partition coefficient (Wildman–Crippen LogP) is 3.36. The molecule has 0 aliphatic heterocycles. The van der Waals surface area contributed by atoms with Crippen molar-refractivity contribution in [1.82, 2.24) is 20.4 Å². The highest BCUT2D eigenvalue weighted by atomic mass is 16.5. The monoisotopic (exact) mass is 389 g/mol. The predicted molar refractivity (Wildman–Crippen MR) is 117 cm³/mol. The molecule has 0 aliphatic rings. The maximum Gasteiger partial charge on any atom is 0.191 e. The Morgan fingerprint density at radius 3 is 2.41 bits per heavy atom. The third kappa shape index (κ3) is 5.97. The average molecular weight is 390 g/mol. The summed E-state index contributed by atoms with van der Waals surface area (Å²) >= 11 is 0. The van der Waals surface area contributed by atoms with Crippen molar-refractivity contribution >= 4 is 5.96 Å². The molecular formula is C23H27N5O. The summed E-state index contributed by atoms with van der Waals surface area (Å²) in [7, 11) is 1.77. The molecular weight excluding hydrogens is 362 g/mol. The van der Waals surface area contributed by atoms with Gasteiger partial charge in [0.2, 0.25) is 0 Å². The molecule has 0 unspecified atom stereocenters. The zero-order chi connectivity index (χ0) is 20.3. The maximum atomic E-state index is 5.72. The molecule has 2 aromatic carbocycles. The Morgan fingerprint density at radius 1 is 1.03 bits per heavy atom. The van der Waals surface area contributed by atoms with E-state index >= 15 is 0 Å². The van der Waals surface area contributed by atoms with Gasteiger partial charge in [0.1, 0.15) is 12.4 Å². The average Bonchev–Trinajstić information content (AvgIpc) is 3.27. The molecule has 0 amide bonds. The minimum atomic E-state index is 0.483. The number of nitrogens with zero attached hydrogens (tertiary/aromatic N) is 3. The Bertz CT molecular complexity index is 934. The third-order valence-electron chi connectivity index (χ3n) is 4.46. The summed E-state index contributed by atoms with van der Waals surface area (Å²) in [4.78, 5) is 4.34. The largest absolute Gasteiger partial charge is 0.489 e. The van der Waals surface area contributed by atoms with Crippen molar-refractivity contribution < 1.29 is 4.74 Å². The van der Waals surface area contributed by atoms with E-state index in [0.717, 1.165) is 23.8 Å². The fraction of sp³-hybridized carbons (Fsp3) is 0.217. The van der Waals surface area contributed by atoms with Crippen LogP contribution in [0, 0.1) is 0 Å². The van der Waals surface area contributed by atoms with Crippen LogP contribution in [0.4, 0.5) is 0 Å². The second-order valence-electron chi connectivity index (χ2n) is 6.46. The molecule has 0 fully saturated rings. The van der Waals surface area contributed by atoms with Gasteiger partial charge in [-0.25, -0.2) is 0 Å². The second-order valence-corrected chi connectivity index (χ2v) is 6.46. The van der Waals surface area contributed by atoms with Crippen LogP contribution in [0.15, 0.2) is 84.6 Å². The molecule has 150 valence electrons. The molecule has 6 nitrogen and oxygen atoms in total. The fourth-order valence-electron chi connectivity index (χ4n) is 2.97. The lowest BCUT2D eigenvalue weighted by atomic mass is 10.1. The number of hydrogen-bond donors (Lipinski definition) is 2. The van der Waals surface area contributed by atoms with E-state index < -0.39 is 0 Å². The Balaban J connectivity index is 1.59. The number of guanidine groups is 1. The summed E-state index contributed by atoms with van der Waals surface area (Å²) in [5.74, 6) is 1.58. The Labute approximate surface area is 171 Å². The molecule has 1 aromatic heterocycles. The van der Waals surface area contributed by atoms with E-state index in [1.165, 1.54) is 11.1 Å². The zero-order valence-corrected chi connectivity index (χ0v) is 16.7. The topological polar surface area (TPSA) is 63.5 Å². The standard InChI is InChI=1S/C23H27N5O/c1-3-15-29-22-12-7-6-10-20(22)17-26-23(24-2)25-16-19-9-4-5-11-21(19)18-28-14-8-13-27-28/h3-14H,1,15-18H2,2H3,(H2,24,25,26). The lowest BCUT2D eigenvalue weighted by molar-refractivity contribution is 0.358. The van der Waals surface area contributed by atoms with E-state index in [9.17, 15) is 0 Å². The smallest absolute Gasteiger partial charge is 0.191 e. The summed E-state index contributed by atoms with van der Waals surface area (Å²) in [6.07, 6.45) is 5.51. The number of benzene rings is 2. The molecule has 0 bridgehead atoms. The molecule has 0 radical (unpaired) electrons. The third-order valence-corrected chi connectivity index (χ3v) is 4.46. The Morgan fingerprint density at radius 2 is 1.72 bits per heavy atom. The van der Waals surface area contributed by atoms with E-state index in [1.54, 1.807) is 19.3 Å². The van der Waals surface area contributed by atoms with E-state index in [-0.39, 0.29) is 0 Å². The van der Waals surface area contributed by atoms with Crippen LogP contribution >= 0.6 is 0 Å². The molecule has 0 saturated heterocycles. The Kier molecular flexibility index (Phi) is 7.46. The van der Waals surface area contributed by atoms with Crippen molar-refractivity contribution in [1.29, 1.82) is 0 Å². The number of nitrogens with one attached hydrogen (secondary N) is 2. The first-order valence-corrected chi connectivity index (χ1v) is 9.60. The van der Waals surface area contributed by atoms with Gasteiger partial charge in [-0.05, 0) is 23.3 Å². The van der Waals surface area contributed by atoms with E-state index in [4.69, 9.17) is 4.74 Å². The van der Waals surface area contributed by atoms with Gasteiger partial charge in [0, 0.05) is 38.1 Å². The summed E-state index contributed by atoms with van der Waals surface area (Å²) in [5, 5.41) is 11.0. The summed E-state index contributed by atoms with van der Waals surface area (Å²) in [5.41, 5.74) is 3.50. The minimum absolute atomic E-state index is 0.483. The molecule has 0 spiro atoms. The lowest BCUT2D eigenvalue weighted by Gasteiger charge is -2.16. The highest BCUT2D eigenvalue weighted by Gasteiger charge is 2.06. The van der Waals surface area contributed by atoms with Crippen LogP contribution < -0.4 is 15.4 Å². The van der Waals surface area contributed by atoms with Gasteiger partial charge < -0.3 is 15.4 Å². The van der Waals surface area contributed by atoms with Gasteiger partial charge in [-0.15, -0.1) is 0 Å². The van der Waals surface area contributed by atoms with Crippen LogP contribution in [0.2, 0.25) is 0 Å². The highest BCUT2D eigenvalue weighted by molar-refractivity contribution is 5.79. The lowest BCUT2D eigenvalue weighted by Crippen LogP contribution is -2.36. The van der Waals surface area contributed by atoms with Crippen LogP contribution in [0.5, 0.6) is 5.75 Å². The number of aliphatic imine (C=N–C) groups is 1. The highest BCUT2D eigenvalue weighted by Crippen LogP contribution is 2.17. The SMILES string of the molecule is C=CCOc1ccccc1CNC(=NC)NCc1ccccc1Cn1cccn1. The molecule has 1 heterocycles. The van der Waals surface area contributed by atoms with Gasteiger partial charge in [0.05, 0.1) is 6.54 Å². The van der Waals surface area contributed by atoms with Gasteiger partial charge in [-0.1, -0.05) is 55.1 Å². The fourth-order valence-corrected chi connectivity index (χ4v) is 2.97. The van der Waals surface area contributed by atoms with E-state index in [0.29, 0.717) is 19.7 Å². The van der Waals surface area contributed by atoms with Crippen molar-refractivity contribution in [3.63, 3.8) is 0 Å². The van der Waals surface area contributed by atoms with Crippen molar-refractivity contribution in [2.45, 2.75) is 19.6 Å². The van der Waals surface area contributed by atoms with Crippen molar-refractivity contribution in [3.05, 3.63) is 96.3 Å². The van der Waals surface area contributed by atoms with Crippen LogP contribution in [-0.2, 0) is 19.6 Å². The molecule has 2 N–H and O–H groups in total. The molecule has 6 heteroatoms. The summed E-state index contributed by atoms with van der Waals surface area (Å²) < 4.78 is 7.64. The first kappa shape index (κ1) is 20.2. The molecule has 3 aromatic rings. The van der Waals surface area contributed by atoms with Crippen molar-refractivity contribution in [2.75, 3.05) is 13.7 Å². The number of rotatable bonds is 9. The second kappa shape index (κ2) is 10.7. The number of hydrogen-bond acceptors (Lipinski definition) is 3.